The highest BCUT2D eigenvalue weighted by molar-refractivity contribution is 5.94. The van der Waals surface area contributed by atoms with E-state index in [4.69, 9.17) is 0 Å². The fourth-order valence-corrected chi connectivity index (χ4v) is 3.37. The van der Waals surface area contributed by atoms with Gasteiger partial charge in [0.05, 0.1) is 11.6 Å². The highest BCUT2D eigenvalue weighted by atomic mass is 16.1. The minimum Gasteiger partial charge on any atom is -0.342 e. The summed E-state index contributed by atoms with van der Waals surface area (Å²) in [6.45, 7) is 6.66. The standard InChI is InChI=1S/C20H24N8O/c1-13(2)17(19-27-26-16-5-7-21-8-9-28(16)19)25-20(29)15-11-23-18(24-12-15)14-4-3-6-22-10-14/h3-4,6,10-13,17,21H,5,7-9H2,1-2H3,(H,25,29). The molecule has 3 aromatic heterocycles. The molecule has 0 spiro atoms. The predicted octanol–water partition coefficient (Wildman–Crippen LogP) is 1.40. The molecule has 29 heavy (non-hydrogen) atoms. The number of fused-ring (bicyclic) bond motifs is 1. The van der Waals surface area contributed by atoms with E-state index in [1.165, 1.54) is 12.4 Å². The lowest BCUT2D eigenvalue weighted by Gasteiger charge is -2.22. The Hall–Kier alpha value is -3.20. The third kappa shape index (κ3) is 4.14. The van der Waals surface area contributed by atoms with E-state index >= 15 is 0 Å². The van der Waals surface area contributed by atoms with Crippen LogP contribution in [0.3, 0.4) is 0 Å². The van der Waals surface area contributed by atoms with E-state index < -0.39 is 0 Å². The minimum absolute atomic E-state index is 0.152. The molecular formula is C20H24N8O. The Morgan fingerprint density at radius 3 is 2.72 bits per heavy atom. The van der Waals surface area contributed by atoms with E-state index in [0.29, 0.717) is 11.4 Å². The van der Waals surface area contributed by atoms with Gasteiger partial charge in [0.1, 0.15) is 5.82 Å². The third-order valence-corrected chi connectivity index (χ3v) is 4.96. The van der Waals surface area contributed by atoms with Crippen LogP contribution in [0.25, 0.3) is 11.4 Å². The molecule has 0 saturated heterocycles. The predicted molar refractivity (Wildman–Crippen MR) is 107 cm³/mol. The van der Waals surface area contributed by atoms with E-state index in [9.17, 15) is 4.79 Å². The molecule has 0 bridgehead atoms. The van der Waals surface area contributed by atoms with Crippen molar-refractivity contribution in [2.24, 2.45) is 5.92 Å². The maximum absolute atomic E-state index is 12.9. The van der Waals surface area contributed by atoms with Gasteiger partial charge in [0, 0.05) is 56.4 Å². The van der Waals surface area contributed by atoms with Crippen LogP contribution in [0.4, 0.5) is 0 Å². The molecule has 9 heteroatoms. The van der Waals surface area contributed by atoms with Gasteiger partial charge < -0.3 is 15.2 Å². The van der Waals surface area contributed by atoms with Crippen molar-refractivity contribution in [1.29, 1.82) is 0 Å². The number of pyridine rings is 1. The summed E-state index contributed by atoms with van der Waals surface area (Å²) in [6, 6.07) is 3.45. The first-order chi connectivity index (χ1) is 14.1. The number of carbonyl (C=O) groups excluding carboxylic acids is 1. The number of nitrogens with zero attached hydrogens (tertiary/aromatic N) is 6. The topological polar surface area (TPSA) is 111 Å². The molecule has 150 valence electrons. The van der Waals surface area contributed by atoms with E-state index in [1.807, 2.05) is 12.1 Å². The molecule has 4 rings (SSSR count). The lowest BCUT2D eigenvalue weighted by atomic mass is 10.0. The van der Waals surface area contributed by atoms with Crippen molar-refractivity contribution in [2.75, 3.05) is 13.1 Å². The zero-order valence-corrected chi connectivity index (χ0v) is 16.5. The summed E-state index contributed by atoms with van der Waals surface area (Å²) in [5.74, 6) is 2.20. The van der Waals surface area contributed by atoms with Crippen molar-refractivity contribution in [3.8, 4) is 11.4 Å². The number of carbonyl (C=O) groups is 1. The number of nitrogens with one attached hydrogen (secondary N) is 2. The summed E-state index contributed by atoms with van der Waals surface area (Å²) in [5, 5.41) is 15.2. The van der Waals surface area contributed by atoms with E-state index in [1.54, 1.807) is 12.4 Å². The Kier molecular flexibility index (Phi) is 5.57. The van der Waals surface area contributed by atoms with Gasteiger partial charge in [0.25, 0.3) is 5.91 Å². The first-order valence-electron chi connectivity index (χ1n) is 9.79. The summed E-state index contributed by atoms with van der Waals surface area (Å²) in [4.78, 5) is 25.6. The van der Waals surface area contributed by atoms with Gasteiger partial charge in [-0.05, 0) is 18.1 Å². The van der Waals surface area contributed by atoms with Gasteiger partial charge in [-0.25, -0.2) is 9.97 Å². The molecule has 1 aliphatic rings. The van der Waals surface area contributed by atoms with Crippen LogP contribution in [-0.4, -0.2) is 48.7 Å². The number of aromatic nitrogens is 6. The molecule has 9 nitrogen and oxygen atoms in total. The lowest BCUT2D eigenvalue weighted by molar-refractivity contribution is 0.0921. The van der Waals surface area contributed by atoms with Crippen molar-refractivity contribution in [1.82, 2.24) is 40.3 Å². The molecule has 3 aromatic rings. The quantitative estimate of drug-likeness (QED) is 0.675. The molecule has 1 amide bonds. The Bertz CT molecular complexity index is 968. The molecule has 0 saturated carbocycles. The van der Waals surface area contributed by atoms with Gasteiger partial charge >= 0.3 is 0 Å². The maximum Gasteiger partial charge on any atom is 0.255 e. The highest BCUT2D eigenvalue weighted by Gasteiger charge is 2.27. The molecule has 0 aromatic carbocycles. The summed E-state index contributed by atoms with van der Waals surface area (Å²) in [6.07, 6.45) is 7.29. The molecule has 2 N–H and O–H groups in total. The normalized spacial score (nSPS) is 14.9. The molecular weight excluding hydrogens is 368 g/mol. The summed E-state index contributed by atoms with van der Waals surface area (Å²) in [5.41, 5.74) is 1.21. The monoisotopic (exact) mass is 392 g/mol. The van der Waals surface area contributed by atoms with Gasteiger partial charge in [-0.2, -0.15) is 0 Å². The van der Waals surface area contributed by atoms with Crippen molar-refractivity contribution in [3.05, 3.63) is 54.1 Å². The average Bonchev–Trinajstić information content (AvgIpc) is 2.99. The molecule has 0 radical (unpaired) electrons. The fourth-order valence-electron chi connectivity index (χ4n) is 3.37. The van der Waals surface area contributed by atoms with Crippen LogP contribution in [0, 0.1) is 5.92 Å². The third-order valence-electron chi connectivity index (χ3n) is 4.96. The molecule has 0 fully saturated rings. The van der Waals surface area contributed by atoms with Gasteiger partial charge in [-0.3, -0.25) is 9.78 Å². The van der Waals surface area contributed by atoms with E-state index in [2.05, 4.69) is 54.2 Å². The number of hydrogen-bond donors (Lipinski definition) is 2. The van der Waals surface area contributed by atoms with Crippen LogP contribution < -0.4 is 10.6 Å². The van der Waals surface area contributed by atoms with Gasteiger partial charge in [-0.15, -0.1) is 10.2 Å². The van der Waals surface area contributed by atoms with Gasteiger partial charge in [0.2, 0.25) is 0 Å². The molecule has 1 atom stereocenters. The summed E-state index contributed by atoms with van der Waals surface area (Å²) in [7, 11) is 0. The second-order valence-electron chi connectivity index (χ2n) is 7.36. The first-order valence-corrected chi connectivity index (χ1v) is 9.79. The second kappa shape index (κ2) is 8.44. The van der Waals surface area contributed by atoms with Crippen molar-refractivity contribution >= 4 is 5.91 Å². The van der Waals surface area contributed by atoms with Crippen molar-refractivity contribution in [2.45, 2.75) is 32.9 Å². The number of amides is 1. The Labute approximate surface area is 169 Å². The number of rotatable bonds is 5. The lowest BCUT2D eigenvalue weighted by Crippen LogP contribution is -2.34. The molecule has 1 unspecified atom stereocenters. The SMILES string of the molecule is CC(C)C(NC(=O)c1cnc(-c2cccnc2)nc1)c1nnc2n1CCNCC2. The number of hydrogen-bond acceptors (Lipinski definition) is 7. The van der Waals surface area contributed by atoms with E-state index in [0.717, 1.165) is 43.3 Å². The van der Waals surface area contributed by atoms with Crippen LogP contribution in [0.5, 0.6) is 0 Å². The maximum atomic E-state index is 12.9. The Morgan fingerprint density at radius 2 is 2.00 bits per heavy atom. The summed E-state index contributed by atoms with van der Waals surface area (Å²) < 4.78 is 2.12. The molecule has 0 aliphatic carbocycles. The zero-order valence-electron chi connectivity index (χ0n) is 16.5. The van der Waals surface area contributed by atoms with Crippen LogP contribution in [0.2, 0.25) is 0 Å². The first kappa shape index (κ1) is 19.1. The van der Waals surface area contributed by atoms with Crippen LogP contribution in [-0.2, 0) is 13.0 Å². The Balaban J connectivity index is 1.53. The molecule has 4 heterocycles. The summed E-state index contributed by atoms with van der Waals surface area (Å²) >= 11 is 0. The molecule has 1 aliphatic heterocycles. The average molecular weight is 392 g/mol. The van der Waals surface area contributed by atoms with Crippen LogP contribution in [0.15, 0.2) is 36.9 Å². The minimum atomic E-state index is -0.250. The van der Waals surface area contributed by atoms with Gasteiger partial charge in [-0.1, -0.05) is 13.8 Å². The van der Waals surface area contributed by atoms with E-state index in [-0.39, 0.29) is 17.9 Å². The highest BCUT2D eigenvalue weighted by Crippen LogP contribution is 2.22. The van der Waals surface area contributed by atoms with Gasteiger partial charge in [0.15, 0.2) is 11.6 Å². The van der Waals surface area contributed by atoms with Crippen LogP contribution >= 0.6 is 0 Å². The van der Waals surface area contributed by atoms with Crippen molar-refractivity contribution < 1.29 is 4.79 Å². The van der Waals surface area contributed by atoms with Crippen molar-refractivity contribution in [3.63, 3.8) is 0 Å². The zero-order chi connectivity index (χ0) is 20.2. The Morgan fingerprint density at radius 1 is 1.17 bits per heavy atom. The largest absolute Gasteiger partial charge is 0.342 e. The fraction of sp³-hybridized carbons (Fsp3) is 0.400. The van der Waals surface area contributed by atoms with Crippen LogP contribution in [0.1, 0.15) is 41.9 Å². The smallest absolute Gasteiger partial charge is 0.255 e. The second-order valence-corrected chi connectivity index (χ2v) is 7.36.